The minimum Gasteiger partial charge on any atom is -0.495 e. The van der Waals surface area contributed by atoms with E-state index in [9.17, 15) is 9.59 Å². The summed E-state index contributed by atoms with van der Waals surface area (Å²) in [6.07, 6.45) is 1.81. The van der Waals surface area contributed by atoms with Gasteiger partial charge in [-0.2, -0.15) is 0 Å². The summed E-state index contributed by atoms with van der Waals surface area (Å²) in [7, 11) is 1.42. The number of carbonyl (C=O) groups excluding carboxylic acids is 1. The first-order valence-corrected chi connectivity index (χ1v) is 7.96. The second-order valence-corrected chi connectivity index (χ2v) is 6.03. The van der Waals surface area contributed by atoms with Crippen LogP contribution >= 0.6 is 11.3 Å². The van der Waals surface area contributed by atoms with Crippen LogP contribution in [0, 0.1) is 6.92 Å². The number of aromatic nitrogens is 1. The molecule has 1 heterocycles. The Morgan fingerprint density at radius 2 is 2.13 bits per heavy atom. The van der Waals surface area contributed by atoms with Crippen LogP contribution in [0.5, 0.6) is 5.75 Å². The van der Waals surface area contributed by atoms with Crippen LogP contribution < -0.4 is 10.1 Å². The highest BCUT2D eigenvalue weighted by molar-refractivity contribution is 7.13. The molecule has 0 atom stereocenters. The van der Waals surface area contributed by atoms with E-state index in [2.05, 4.69) is 17.2 Å². The number of hydrogen-bond acceptors (Lipinski definition) is 5. The third-order valence-corrected chi connectivity index (χ3v) is 4.42. The van der Waals surface area contributed by atoms with Gasteiger partial charge in [0.15, 0.2) is 0 Å². The molecule has 0 radical (unpaired) electrons. The van der Waals surface area contributed by atoms with Gasteiger partial charge in [0.1, 0.15) is 10.6 Å². The van der Waals surface area contributed by atoms with Gasteiger partial charge in [-0.15, -0.1) is 11.3 Å². The fourth-order valence-electron chi connectivity index (χ4n) is 2.09. The van der Waals surface area contributed by atoms with E-state index in [1.165, 1.54) is 36.6 Å². The lowest BCUT2D eigenvalue weighted by Crippen LogP contribution is -2.12. The molecular formula is C16H18N2O4S. The summed E-state index contributed by atoms with van der Waals surface area (Å²) >= 11 is 1.37. The summed E-state index contributed by atoms with van der Waals surface area (Å²) < 4.78 is 5.16. The molecule has 2 rings (SSSR count). The van der Waals surface area contributed by atoms with Gasteiger partial charge in [-0.1, -0.05) is 6.92 Å². The predicted octanol–water partition coefficient (Wildman–Crippen LogP) is 3.36. The molecule has 0 unspecified atom stereocenters. The lowest BCUT2D eigenvalue weighted by atomic mass is 10.2. The normalized spacial score (nSPS) is 10.4. The third kappa shape index (κ3) is 3.87. The molecule has 0 spiro atoms. The van der Waals surface area contributed by atoms with Gasteiger partial charge in [-0.05, 0) is 38.0 Å². The topological polar surface area (TPSA) is 88.5 Å². The molecule has 0 saturated carbocycles. The van der Waals surface area contributed by atoms with Crippen molar-refractivity contribution in [3.05, 3.63) is 39.3 Å². The van der Waals surface area contributed by atoms with E-state index in [1.54, 1.807) is 6.92 Å². The zero-order valence-electron chi connectivity index (χ0n) is 13.2. The van der Waals surface area contributed by atoms with E-state index >= 15 is 0 Å². The van der Waals surface area contributed by atoms with Crippen molar-refractivity contribution in [2.45, 2.75) is 26.7 Å². The smallest absolute Gasteiger partial charge is 0.335 e. The number of hydrogen-bond donors (Lipinski definition) is 2. The van der Waals surface area contributed by atoms with E-state index in [-0.39, 0.29) is 11.5 Å². The molecule has 0 aliphatic heterocycles. The number of carboxylic acid groups (broad SMARTS) is 1. The minimum atomic E-state index is -1.05. The standard InChI is InChI=1S/C16H18N2O4S/c1-4-5-13-17-9(2)14(23-13)15(19)18-11-7-6-10(16(20)21)8-12(11)22-3/h6-8H,4-5H2,1-3H3,(H,18,19)(H,20,21). The molecular weight excluding hydrogens is 316 g/mol. The lowest BCUT2D eigenvalue weighted by molar-refractivity contribution is 0.0696. The highest BCUT2D eigenvalue weighted by Crippen LogP contribution is 2.27. The van der Waals surface area contributed by atoms with Gasteiger partial charge in [0.25, 0.3) is 5.91 Å². The van der Waals surface area contributed by atoms with E-state index in [1.807, 2.05) is 0 Å². The number of ether oxygens (including phenoxy) is 1. The van der Waals surface area contributed by atoms with Crippen LogP contribution in [0.1, 0.15) is 44.1 Å². The Morgan fingerprint density at radius 1 is 1.39 bits per heavy atom. The van der Waals surface area contributed by atoms with E-state index < -0.39 is 5.97 Å². The number of rotatable bonds is 6. The van der Waals surface area contributed by atoms with Crippen LogP contribution in [0.15, 0.2) is 18.2 Å². The third-order valence-electron chi connectivity index (χ3n) is 3.21. The number of aryl methyl sites for hydroxylation is 2. The zero-order chi connectivity index (χ0) is 17.0. The van der Waals surface area contributed by atoms with Gasteiger partial charge in [0.05, 0.1) is 29.1 Å². The summed E-state index contributed by atoms with van der Waals surface area (Å²) in [5.41, 5.74) is 1.21. The first-order valence-electron chi connectivity index (χ1n) is 7.15. The predicted molar refractivity (Wildman–Crippen MR) is 88.8 cm³/mol. The van der Waals surface area contributed by atoms with Crippen LogP contribution in [0.2, 0.25) is 0 Å². The van der Waals surface area contributed by atoms with Crippen LogP contribution in [-0.2, 0) is 6.42 Å². The number of carboxylic acids is 1. The Balaban J connectivity index is 2.24. The van der Waals surface area contributed by atoms with Crippen molar-refractivity contribution in [3.8, 4) is 5.75 Å². The average Bonchev–Trinajstić information content (AvgIpc) is 2.88. The summed E-state index contributed by atoms with van der Waals surface area (Å²) in [5, 5.41) is 12.7. The summed E-state index contributed by atoms with van der Waals surface area (Å²) in [6.45, 7) is 3.86. The van der Waals surface area contributed by atoms with Crippen LogP contribution in [-0.4, -0.2) is 29.1 Å². The Morgan fingerprint density at radius 3 is 2.74 bits per heavy atom. The van der Waals surface area contributed by atoms with Gasteiger partial charge in [-0.3, -0.25) is 4.79 Å². The summed E-state index contributed by atoms with van der Waals surface area (Å²) in [6, 6.07) is 4.31. The minimum absolute atomic E-state index is 0.0963. The average molecular weight is 334 g/mol. The maximum absolute atomic E-state index is 12.4. The van der Waals surface area contributed by atoms with Crippen molar-refractivity contribution >= 4 is 28.9 Å². The number of nitrogens with one attached hydrogen (secondary N) is 1. The first-order chi connectivity index (χ1) is 11.0. The Hall–Kier alpha value is -2.41. The van der Waals surface area contributed by atoms with Crippen LogP contribution in [0.25, 0.3) is 0 Å². The van der Waals surface area contributed by atoms with E-state index in [4.69, 9.17) is 9.84 Å². The van der Waals surface area contributed by atoms with Gasteiger partial charge in [-0.25, -0.2) is 9.78 Å². The quantitative estimate of drug-likeness (QED) is 0.845. The largest absolute Gasteiger partial charge is 0.495 e. The van der Waals surface area contributed by atoms with Gasteiger partial charge in [0.2, 0.25) is 0 Å². The summed E-state index contributed by atoms with van der Waals surface area (Å²) in [5.74, 6) is -1.03. The second-order valence-electron chi connectivity index (χ2n) is 4.95. The number of benzene rings is 1. The number of thiazole rings is 1. The van der Waals surface area contributed by atoms with Gasteiger partial charge < -0.3 is 15.2 Å². The number of anilines is 1. The van der Waals surface area contributed by atoms with Crippen LogP contribution in [0.4, 0.5) is 5.69 Å². The highest BCUT2D eigenvalue weighted by Gasteiger charge is 2.17. The molecule has 2 aromatic rings. The monoisotopic (exact) mass is 334 g/mol. The van der Waals surface area contributed by atoms with Crippen molar-refractivity contribution in [1.29, 1.82) is 0 Å². The van der Waals surface area contributed by atoms with Crippen LogP contribution in [0.3, 0.4) is 0 Å². The number of aromatic carboxylic acids is 1. The highest BCUT2D eigenvalue weighted by atomic mass is 32.1. The Labute approximate surface area is 138 Å². The molecule has 6 nitrogen and oxygen atoms in total. The molecule has 1 aromatic heterocycles. The SMILES string of the molecule is CCCc1nc(C)c(C(=O)Nc2ccc(C(=O)O)cc2OC)s1. The Bertz CT molecular complexity index is 740. The van der Waals surface area contributed by atoms with Gasteiger partial charge >= 0.3 is 5.97 Å². The number of amides is 1. The molecule has 122 valence electrons. The molecule has 23 heavy (non-hydrogen) atoms. The maximum Gasteiger partial charge on any atom is 0.335 e. The molecule has 0 fully saturated rings. The summed E-state index contributed by atoms with van der Waals surface area (Å²) in [4.78, 5) is 28.4. The molecule has 2 N–H and O–H groups in total. The van der Waals surface area contributed by atoms with E-state index in [0.717, 1.165) is 17.8 Å². The van der Waals surface area contributed by atoms with Crippen molar-refractivity contribution in [2.24, 2.45) is 0 Å². The lowest BCUT2D eigenvalue weighted by Gasteiger charge is -2.10. The molecule has 1 aromatic carbocycles. The fraction of sp³-hybridized carbons (Fsp3) is 0.312. The number of carbonyl (C=O) groups is 2. The van der Waals surface area contributed by atoms with Crippen molar-refractivity contribution in [3.63, 3.8) is 0 Å². The maximum atomic E-state index is 12.4. The zero-order valence-corrected chi connectivity index (χ0v) is 14.0. The molecule has 7 heteroatoms. The molecule has 0 saturated heterocycles. The molecule has 1 amide bonds. The number of methoxy groups -OCH3 is 1. The van der Waals surface area contributed by atoms with Crippen molar-refractivity contribution in [2.75, 3.05) is 12.4 Å². The molecule has 0 aliphatic rings. The first kappa shape index (κ1) is 17.0. The van der Waals surface area contributed by atoms with E-state index in [0.29, 0.717) is 22.0 Å². The number of nitrogens with zero attached hydrogens (tertiary/aromatic N) is 1. The van der Waals surface area contributed by atoms with Gasteiger partial charge in [0, 0.05) is 0 Å². The molecule has 0 bridgehead atoms. The Kier molecular flexibility index (Phi) is 5.33. The second kappa shape index (κ2) is 7.23. The molecule has 0 aliphatic carbocycles. The van der Waals surface area contributed by atoms with Crippen molar-refractivity contribution in [1.82, 2.24) is 4.98 Å². The van der Waals surface area contributed by atoms with Crippen molar-refractivity contribution < 1.29 is 19.4 Å². The fourth-order valence-corrected chi connectivity index (χ4v) is 3.15.